The van der Waals surface area contributed by atoms with Crippen LogP contribution in [-0.2, 0) is 0 Å². The molecule has 3 nitrogen and oxygen atoms in total. The van der Waals surface area contributed by atoms with E-state index < -0.39 is 0 Å². The van der Waals surface area contributed by atoms with Crippen molar-refractivity contribution in [3.63, 3.8) is 0 Å². The van der Waals surface area contributed by atoms with E-state index in [1.807, 2.05) is 0 Å². The lowest BCUT2D eigenvalue weighted by atomic mass is 10.1. The lowest BCUT2D eigenvalue weighted by Crippen LogP contribution is -1.76. The van der Waals surface area contributed by atoms with Gasteiger partial charge >= 0.3 is 0 Å². The van der Waals surface area contributed by atoms with Gasteiger partial charge in [0.1, 0.15) is 0 Å². The zero-order valence-electron chi connectivity index (χ0n) is 11.7. The minimum absolute atomic E-state index is 1.37. The van der Waals surface area contributed by atoms with Crippen molar-refractivity contribution >= 4 is 0 Å². The van der Waals surface area contributed by atoms with Gasteiger partial charge in [-0.1, -0.05) is 58.8 Å². The van der Waals surface area contributed by atoms with Crippen molar-refractivity contribution in [1.82, 2.24) is 0 Å². The molecular weight excluding hydrogens is 186 g/mol. The lowest BCUT2D eigenvalue weighted by Gasteiger charge is -1.96. The van der Waals surface area contributed by atoms with E-state index in [1.165, 1.54) is 66.1 Å². The quantitative estimate of drug-likeness (QED) is 0.603. The maximum atomic E-state index is 4.50. The third-order valence-corrected chi connectivity index (χ3v) is 1.71. The molecule has 0 fully saturated rings. The van der Waals surface area contributed by atoms with E-state index in [0.29, 0.717) is 0 Å². The molecule has 0 aliphatic heterocycles. The zero-order valence-corrected chi connectivity index (χ0v) is 11.7. The van der Waals surface area contributed by atoms with Crippen LogP contribution in [0.5, 0.6) is 0 Å². The van der Waals surface area contributed by atoms with Crippen LogP contribution in [0.1, 0.15) is 58.8 Å². The molecule has 0 aliphatic carbocycles. The Morgan fingerprint density at radius 3 is 0.867 bits per heavy atom. The second-order valence-corrected chi connectivity index (χ2v) is 2.77. The molecule has 0 aromatic rings. The molecular formula is C12H35N3. The van der Waals surface area contributed by atoms with Crippen molar-refractivity contribution in [3.05, 3.63) is 0 Å². The van der Waals surface area contributed by atoms with Gasteiger partial charge in [0.05, 0.1) is 0 Å². The Labute approximate surface area is 97.8 Å². The highest BCUT2D eigenvalue weighted by atomic mass is 14.4. The lowest BCUT2D eigenvalue weighted by molar-refractivity contribution is 0.602. The number of unbranched alkanes of at least 4 members (excludes halogenated alkanes) is 6. The van der Waals surface area contributed by atoms with E-state index in [0.717, 1.165) is 0 Å². The van der Waals surface area contributed by atoms with Crippen LogP contribution in [0.15, 0.2) is 0 Å². The summed E-state index contributed by atoms with van der Waals surface area (Å²) in [7, 11) is 4.50. The van der Waals surface area contributed by atoms with Gasteiger partial charge in [-0.25, -0.2) is 0 Å². The summed E-state index contributed by atoms with van der Waals surface area (Å²) in [5.74, 6) is 0. The van der Waals surface area contributed by atoms with Gasteiger partial charge in [0.15, 0.2) is 0 Å². The summed E-state index contributed by atoms with van der Waals surface area (Å²) in [6, 6.07) is 0. The van der Waals surface area contributed by atoms with Crippen molar-refractivity contribution in [2.45, 2.75) is 58.8 Å². The largest absolute Gasteiger partial charge is 0.333 e. The fourth-order valence-corrected chi connectivity index (χ4v) is 1.03. The normalized spacial score (nSPS) is 7.20. The monoisotopic (exact) mass is 221 g/mol. The smallest absolute Gasteiger partial charge is 0.0195 e. The van der Waals surface area contributed by atoms with Gasteiger partial charge in [0.25, 0.3) is 0 Å². The van der Waals surface area contributed by atoms with Crippen LogP contribution in [0.4, 0.5) is 0 Å². The number of rotatable bonds is 6. The maximum Gasteiger partial charge on any atom is -0.0195 e. The second kappa shape index (κ2) is 48.6. The summed E-state index contributed by atoms with van der Waals surface area (Å²) in [6.45, 7) is 4.53. The molecule has 0 aromatic heterocycles. The Morgan fingerprint density at radius 2 is 0.667 bits per heavy atom. The van der Waals surface area contributed by atoms with Crippen LogP contribution in [0.3, 0.4) is 0 Å². The van der Waals surface area contributed by atoms with E-state index >= 15 is 0 Å². The van der Waals surface area contributed by atoms with E-state index in [4.69, 9.17) is 0 Å². The SMILES string of the molecule is CCCCCCCCC.CN.CN.CN. The van der Waals surface area contributed by atoms with Crippen LogP contribution in [0, 0.1) is 0 Å². The predicted molar refractivity (Wildman–Crippen MR) is 74.0 cm³/mol. The van der Waals surface area contributed by atoms with Gasteiger partial charge in [-0.3, -0.25) is 0 Å². The van der Waals surface area contributed by atoms with Crippen LogP contribution >= 0.6 is 0 Å². The van der Waals surface area contributed by atoms with Crippen LogP contribution in [0.2, 0.25) is 0 Å². The number of hydrogen-bond acceptors (Lipinski definition) is 3. The zero-order chi connectivity index (χ0) is 12.9. The standard InChI is InChI=1S/C9H20.3CH5N/c1-3-5-7-9-8-6-4-2;3*1-2/h3-9H2,1-2H3;3*2H2,1H3. The second-order valence-electron chi connectivity index (χ2n) is 2.77. The molecule has 15 heavy (non-hydrogen) atoms. The van der Waals surface area contributed by atoms with Crippen molar-refractivity contribution < 1.29 is 0 Å². The average Bonchev–Trinajstić information content (AvgIpc) is 2.37. The van der Waals surface area contributed by atoms with E-state index in [-0.39, 0.29) is 0 Å². The summed E-state index contributed by atoms with van der Waals surface area (Å²) in [4.78, 5) is 0. The molecule has 0 unspecified atom stereocenters. The first-order valence-electron chi connectivity index (χ1n) is 6.15. The molecule has 0 amide bonds. The van der Waals surface area contributed by atoms with Crippen molar-refractivity contribution in [3.8, 4) is 0 Å². The molecule has 0 rings (SSSR count). The fraction of sp³-hybridized carbons (Fsp3) is 1.00. The Hall–Kier alpha value is -0.120. The Kier molecular flexibility index (Phi) is 78.5. The summed E-state index contributed by atoms with van der Waals surface area (Å²) < 4.78 is 0. The Balaban J connectivity index is -0.0000000860. The molecule has 0 aromatic carbocycles. The molecule has 98 valence electrons. The molecule has 0 aliphatic rings. The Bertz CT molecular complexity index is 44.1. The van der Waals surface area contributed by atoms with Gasteiger partial charge in [0.2, 0.25) is 0 Å². The van der Waals surface area contributed by atoms with E-state index in [2.05, 4.69) is 31.0 Å². The van der Waals surface area contributed by atoms with Crippen LogP contribution in [0.25, 0.3) is 0 Å². The van der Waals surface area contributed by atoms with Crippen molar-refractivity contribution in [1.29, 1.82) is 0 Å². The highest BCUT2D eigenvalue weighted by Crippen LogP contribution is 2.05. The minimum atomic E-state index is 1.37. The molecule has 0 saturated heterocycles. The molecule has 0 spiro atoms. The van der Waals surface area contributed by atoms with Crippen molar-refractivity contribution in [2.75, 3.05) is 21.1 Å². The highest BCUT2D eigenvalue weighted by molar-refractivity contribution is 4.41. The van der Waals surface area contributed by atoms with Gasteiger partial charge in [-0.2, -0.15) is 0 Å². The van der Waals surface area contributed by atoms with Crippen LogP contribution < -0.4 is 17.2 Å². The predicted octanol–water partition coefficient (Wildman–Crippen LogP) is 2.48. The summed E-state index contributed by atoms with van der Waals surface area (Å²) >= 11 is 0. The molecule has 0 bridgehead atoms. The molecule has 6 N–H and O–H groups in total. The van der Waals surface area contributed by atoms with E-state index in [9.17, 15) is 0 Å². The van der Waals surface area contributed by atoms with Crippen LogP contribution in [-0.4, -0.2) is 21.1 Å². The molecule has 0 radical (unpaired) electrons. The topological polar surface area (TPSA) is 78.1 Å². The first-order valence-corrected chi connectivity index (χ1v) is 6.15. The molecule has 0 heterocycles. The van der Waals surface area contributed by atoms with E-state index in [1.54, 1.807) is 0 Å². The van der Waals surface area contributed by atoms with Gasteiger partial charge in [-0.15, -0.1) is 0 Å². The summed E-state index contributed by atoms with van der Waals surface area (Å²) in [5.41, 5.74) is 13.5. The third-order valence-electron chi connectivity index (χ3n) is 1.71. The first kappa shape index (κ1) is 24.2. The molecule has 0 atom stereocenters. The van der Waals surface area contributed by atoms with Crippen molar-refractivity contribution in [2.24, 2.45) is 17.2 Å². The average molecular weight is 221 g/mol. The summed E-state index contributed by atoms with van der Waals surface area (Å²) in [6.07, 6.45) is 9.97. The first-order chi connectivity index (χ1) is 7.41. The number of hydrogen-bond donors (Lipinski definition) is 3. The third kappa shape index (κ3) is 56.7. The molecule has 0 saturated carbocycles. The molecule has 3 heteroatoms. The van der Waals surface area contributed by atoms with Gasteiger partial charge < -0.3 is 17.2 Å². The van der Waals surface area contributed by atoms with Gasteiger partial charge in [0, 0.05) is 0 Å². The highest BCUT2D eigenvalue weighted by Gasteiger charge is 1.85. The minimum Gasteiger partial charge on any atom is -0.333 e. The Morgan fingerprint density at radius 1 is 0.467 bits per heavy atom. The number of nitrogens with two attached hydrogens (primary N) is 3. The van der Waals surface area contributed by atoms with Gasteiger partial charge in [-0.05, 0) is 21.1 Å². The fourth-order valence-electron chi connectivity index (χ4n) is 1.03. The summed E-state index contributed by atoms with van der Waals surface area (Å²) in [5, 5.41) is 0. The maximum absolute atomic E-state index is 4.50.